The zero-order valence-corrected chi connectivity index (χ0v) is 13.0. The summed E-state index contributed by atoms with van der Waals surface area (Å²) in [5.41, 5.74) is 0.797. The average molecular weight is 342 g/mol. The lowest BCUT2D eigenvalue weighted by molar-refractivity contribution is -0.124. The van der Waals surface area contributed by atoms with Crippen LogP contribution in [0.1, 0.15) is 12.0 Å². The van der Waals surface area contributed by atoms with Gasteiger partial charge in [-0.25, -0.2) is 0 Å². The van der Waals surface area contributed by atoms with Gasteiger partial charge in [-0.1, -0.05) is 23.9 Å². The Kier molecular flexibility index (Phi) is 4.82. The van der Waals surface area contributed by atoms with Crippen molar-refractivity contribution in [2.75, 3.05) is 12.3 Å². The van der Waals surface area contributed by atoms with E-state index in [1.807, 2.05) is 4.90 Å². The number of hydrogen-bond donors (Lipinski definition) is 1. The molecular formula is C15H16F2N2O3S. The van der Waals surface area contributed by atoms with E-state index < -0.39 is 6.61 Å². The highest BCUT2D eigenvalue weighted by molar-refractivity contribution is 8.14. The van der Waals surface area contributed by atoms with E-state index in [-0.39, 0.29) is 28.9 Å². The molecule has 1 aromatic carbocycles. The Morgan fingerprint density at radius 2 is 2.30 bits per heavy atom. The number of nitrogens with zero attached hydrogens (tertiary/aromatic N) is 1. The van der Waals surface area contributed by atoms with E-state index in [0.717, 1.165) is 11.3 Å². The summed E-state index contributed by atoms with van der Waals surface area (Å²) >= 11 is 1.25. The molecule has 2 aliphatic rings. The van der Waals surface area contributed by atoms with E-state index >= 15 is 0 Å². The maximum Gasteiger partial charge on any atom is 0.387 e. The number of benzene rings is 1. The minimum atomic E-state index is -2.85. The SMILES string of the molecule is O=C1SCCC1NC(=O)C1CN1Cc1cccc(OC(F)F)c1. The second-order valence-electron chi connectivity index (χ2n) is 5.49. The first kappa shape index (κ1) is 16.2. The zero-order valence-electron chi connectivity index (χ0n) is 12.2. The van der Waals surface area contributed by atoms with Gasteiger partial charge in [0.2, 0.25) is 11.0 Å². The molecule has 3 rings (SSSR count). The molecule has 0 radical (unpaired) electrons. The molecule has 0 spiro atoms. The number of alkyl halides is 2. The molecule has 2 heterocycles. The van der Waals surface area contributed by atoms with Gasteiger partial charge < -0.3 is 10.1 Å². The van der Waals surface area contributed by atoms with E-state index in [2.05, 4.69) is 10.1 Å². The van der Waals surface area contributed by atoms with E-state index in [9.17, 15) is 18.4 Å². The first-order valence-electron chi connectivity index (χ1n) is 7.28. The van der Waals surface area contributed by atoms with Crippen LogP contribution in [0.25, 0.3) is 0 Å². The van der Waals surface area contributed by atoms with Crippen LogP contribution in [-0.2, 0) is 16.1 Å². The smallest absolute Gasteiger partial charge is 0.387 e. The quantitative estimate of drug-likeness (QED) is 0.796. The third-order valence-electron chi connectivity index (χ3n) is 3.78. The molecule has 124 valence electrons. The minimum Gasteiger partial charge on any atom is -0.435 e. The van der Waals surface area contributed by atoms with Crippen molar-refractivity contribution in [3.05, 3.63) is 29.8 Å². The summed E-state index contributed by atoms with van der Waals surface area (Å²) in [4.78, 5) is 25.5. The Morgan fingerprint density at radius 3 is 3.00 bits per heavy atom. The molecule has 1 amide bonds. The Morgan fingerprint density at radius 1 is 1.48 bits per heavy atom. The van der Waals surface area contributed by atoms with E-state index in [4.69, 9.17) is 0 Å². The zero-order chi connectivity index (χ0) is 16.4. The van der Waals surface area contributed by atoms with Gasteiger partial charge in [0.05, 0.1) is 6.04 Å². The van der Waals surface area contributed by atoms with Gasteiger partial charge in [0.1, 0.15) is 11.8 Å². The Balaban J connectivity index is 1.51. The lowest BCUT2D eigenvalue weighted by Crippen LogP contribution is -2.40. The summed E-state index contributed by atoms with van der Waals surface area (Å²) < 4.78 is 28.8. The molecule has 3 atom stereocenters. The van der Waals surface area contributed by atoms with Crippen molar-refractivity contribution in [1.82, 2.24) is 10.2 Å². The van der Waals surface area contributed by atoms with E-state index in [1.165, 1.54) is 23.9 Å². The summed E-state index contributed by atoms with van der Waals surface area (Å²) in [6, 6.07) is 5.80. The highest BCUT2D eigenvalue weighted by atomic mass is 32.2. The van der Waals surface area contributed by atoms with E-state index in [1.54, 1.807) is 12.1 Å². The van der Waals surface area contributed by atoms with Gasteiger partial charge in [0, 0.05) is 18.8 Å². The third kappa shape index (κ3) is 4.20. The highest BCUT2D eigenvalue weighted by Gasteiger charge is 2.41. The lowest BCUT2D eigenvalue weighted by Gasteiger charge is -2.11. The monoisotopic (exact) mass is 342 g/mol. The van der Waals surface area contributed by atoms with Crippen LogP contribution in [0.15, 0.2) is 24.3 Å². The normalized spacial score (nSPS) is 26.4. The van der Waals surface area contributed by atoms with Crippen LogP contribution >= 0.6 is 11.8 Å². The number of thioether (sulfide) groups is 1. The predicted octanol–water partition coefficient (Wildman–Crippen LogP) is 1.62. The van der Waals surface area contributed by atoms with Crippen LogP contribution in [0, 0.1) is 0 Å². The molecule has 2 saturated heterocycles. The van der Waals surface area contributed by atoms with Gasteiger partial charge in [-0.05, 0) is 24.1 Å². The van der Waals surface area contributed by atoms with Crippen molar-refractivity contribution in [2.24, 2.45) is 0 Å². The minimum absolute atomic E-state index is 0.0161. The number of carbonyl (C=O) groups excluding carboxylic acids is 2. The molecule has 0 saturated carbocycles. The molecule has 0 bridgehead atoms. The third-order valence-corrected chi connectivity index (χ3v) is 4.79. The predicted molar refractivity (Wildman–Crippen MR) is 81.3 cm³/mol. The molecular weight excluding hydrogens is 326 g/mol. The number of rotatable bonds is 6. The number of halogens is 2. The second-order valence-corrected chi connectivity index (χ2v) is 6.59. The lowest BCUT2D eigenvalue weighted by atomic mass is 10.2. The number of carbonyl (C=O) groups is 2. The summed E-state index contributed by atoms with van der Waals surface area (Å²) in [6.45, 7) is -1.78. The Hall–Kier alpha value is -1.67. The van der Waals surface area contributed by atoms with Crippen LogP contribution in [0.3, 0.4) is 0 Å². The molecule has 1 aromatic rings. The van der Waals surface area contributed by atoms with Crippen LogP contribution in [0.2, 0.25) is 0 Å². The average Bonchev–Trinajstić information content (AvgIpc) is 3.14. The van der Waals surface area contributed by atoms with Crippen molar-refractivity contribution >= 4 is 22.8 Å². The first-order valence-corrected chi connectivity index (χ1v) is 8.26. The Bertz CT molecular complexity index is 614. The number of nitrogens with one attached hydrogen (secondary N) is 1. The van der Waals surface area contributed by atoms with Crippen molar-refractivity contribution in [3.8, 4) is 5.75 Å². The summed E-state index contributed by atoms with van der Waals surface area (Å²) in [5, 5.41) is 2.79. The van der Waals surface area contributed by atoms with Crippen LogP contribution in [-0.4, -0.2) is 46.9 Å². The Labute approximate surface area is 136 Å². The summed E-state index contributed by atoms with van der Waals surface area (Å²) in [5.74, 6) is 0.703. The fraction of sp³-hybridized carbons (Fsp3) is 0.467. The number of amides is 1. The molecule has 23 heavy (non-hydrogen) atoms. The van der Waals surface area contributed by atoms with Crippen LogP contribution in [0.4, 0.5) is 8.78 Å². The van der Waals surface area contributed by atoms with Crippen LogP contribution < -0.4 is 10.1 Å². The fourth-order valence-corrected chi connectivity index (χ4v) is 3.48. The van der Waals surface area contributed by atoms with Crippen molar-refractivity contribution in [2.45, 2.75) is 31.7 Å². The molecule has 3 unspecified atom stereocenters. The summed E-state index contributed by atoms with van der Waals surface area (Å²) in [7, 11) is 0. The molecule has 0 aromatic heterocycles. The topological polar surface area (TPSA) is 58.4 Å². The van der Waals surface area contributed by atoms with Gasteiger partial charge >= 0.3 is 6.61 Å². The van der Waals surface area contributed by atoms with Gasteiger partial charge in [0.25, 0.3) is 0 Å². The maximum atomic E-state index is 12.2. The van der Waals surface area contributed by atoms with Crippen LogP contribution in [0.5, 0.6) is 5.75 Å². The molecule has 5 nitrogen and oxygen atoms in total. The largest absolute Gasteiger partial charge is 0.435 e. The number of ether oxygens (including phenoxy) is 1. The molecule has 8 heteroatoms. The fourth-order valence-electron chi connectivity index (χ4n) is 2.55. The standard InChI is InChI=1S/C15H16F2N2O3S/c16-15(17)22-10-3-1-2-9(6-10)7-19-8-12(19)13(20)18-11-4-5-23-14(11)21/h1-3,6,11-12,15H,4-5,7-8H2,(H,18,20). The van der Waals surface area contributed by atoms with Crippen molar-refractivity contribution in [3.63, 3.8) is 0 Å². The highest BCUT2D eigenvalue weighted by Crippen LogP contribution is 2.25. The van der Waals surface area contributed by atoms with Gasteiger partial charge in [-0.15, -0.1) is 0 Å². The second kappa shape index (κ2) is 6.84. The molecule has 0 aliphatic carbocycles. The number of hydrogen-bond acceptors (Lipinski definition) is 5. The van der Waals surface area contributed by atoms with Crippen molar-refractivity contribution in [1.29, 1.82) is 0 Å². The summed E-state index contributed by atoms with van der Waals surface area (Å²) in [6.07, 6.45) is 0.676. The van der Waals surface area contributed by atoms with Crippen molar-refractivity contribution < 1.29 is 23.1 Å². The maximum absolute atomic E-state index is 12.2. The van der Waals surface area contributed by atoms with Gasteiger partial charge in [-0.2, -0.15) is 8.78 Å². The van der Waals surface area contributed by atoms with Gasteiger partial charge in [-0.3, -0.25) is 14.5 Å². The molecule has 2 fully saturated rings. The molecule has 1 N–H and O–H groups in total. The molecule has 2 aliphatic heterocycles. The first-order chi connectivity index (χ1) is 11.0. The van der Waals surface area contributed by atoms with Gasteiger partial charge in [0.15, 0.2) is 0 Å². The van der Waals surface area contributed by atoms with E-state index in [0.29, 0.717) is 19.5 Å².